The Morgan fingerprint density at radius 1 is 1.07 bits per heavy atom. The van der Waals surface area contributed by atoms with Gasteiger partial charge in [-0.05, 0) is 97.7 Å². The lowest BCUT2D eigenvalue weighted by Crippen LogP contribution is -2.49. The standard InChI is InChI=1S/C26H33NO/c1-17(28)18-10-12-25(2)20(15-18)6-7-21-23-9-8-22(19-5-4-14-27-16-19)26(23,3)13-11-24(21)25/h4-6,8,14,16,18,21,23-24H,7,9-13,15H2,1-3H3/t18?,21-,23-,24-,25-,26+/m0/s1. The highest BCUT2D eigenvalue weighted by molar-refractivity contribution is 5.79. The normalized spacial score (nSPS) is 42.0. The first kappa shape index (κ1) is 18.3. The van der Waals surface area contributed by atoms with Crippen LogP contribution < -0.4 is 0 Å². The lowest BCUT2D eigenvalue weighted by molar-refractivity contribution is -0.122. The molecule has 0 amide bonds. The number of allylic oxidation sites excluding steroid dienone is 4. The topological polar surface area (TPSA) is 30.0 Å². The molecular weight excluding hydrogens is 342 g/mol. The molecular formula is C26H33NO. The van der Waals surface area contributed by atoms with E-state index in [0.29, 0.717) is 16.6 Å². The minimum Gasteiger partial charge on any atom is -0.300 e. The van der Waals surface area contributed by atoms with Crippen LogP contribution in [0.25, 0.3) is 5.57 Å². The van der Waals surface area contributed by atoms with E-state index in [1.54, 1.807) is 18.1 Å². The zero-order valence-electron chi connectivity index (χ0n) is 17.6. The van der Waals surface area contributed by atoms with Crippen molar-refractivity contribution in [2.45, 2.75) is 65.7 Å². The molecule has 1 aromatic rings. The van der Waals surface area contributed by atoms with Crippen LogP contribution in [0.2, 0.25) is 0 Å². The molecule has 2 nitrogen and oxygen atoms in total. The van der Waals surface area contributed by atoms with Crippen molar-refractivity contribution < 1.29 is 4.79 Å². The highest BCUT2D eigenvalue weighted by atomic mass is 16.1. The van der Waals surface area contributed by atoms with Crippen LogP contribution in [-0.2, 0) is 4.79 Å². The fraction of sp³-hybridized carbons (Fsp3) is 0.615. The number of hydrogen-bond acceptors (Lipinski definition) is 2. The summed E-state index contributed by atoms with van der Waals surface area (Å²) in [6.07, 6.45) is 17.4. The maximum absolute atomic E-state index is 12.0. The molecule has 5 rings (SSSR count). The van der Waals surface area contributed by atoms with E-state index in [1.165, 1.54) is 37.7 Å². The third-order valence-corrected chi connectivity index (χ3v) is 9.23. The smallest absolute Gasteiger partial charge is 0.133 e. The van der Waals surface area contributed by atoms with Crippen molar-refractivity contribution in [3.8, 4) is 0 Å². The minimum absolute atomic E-state index is 0.273. The van der Waals surface area contributed by atoms with Crippen molar-refractivity contribution in [1.29, 1.82) is 0 Å². The van der Waals surface area contributed by atoms with Gasteiger partial charge in [0, 0.05) is 18.3 Å². The summed E-state index contributed by atoms with van der Waals surface area (Å²) in [5.41, 5.74) is 5.10. The summed E-state index contributed by atoms with van der Waals surface area (Å²) in [6, 6.07) is 4.31. The molecule has 6 atom stereocenters. The van der Waals surface area contributed by atoms with E-state index in [4.69, 9.17) is 0 Å². The molecule has 2 heteroatoms. The van der Waals surface area contributed by atoms with Gasteiger partial charge in [0.25, 0.3) is 0 Å². The Labute approximate surface area is 169 Å². The fourth-order valence-electron chi connectivity index (χ4n) is 7.54. The van der Waals surface area contributed by atoms with E-state index < -0.39 is 0 Å². The molecule has 0 aromatic carbocycles. The Bertz CT molecular complexity index is 852. The lowest BCUT2D eigenvalue weighted by Gasteiger charge is -2.58. The molecule has 0 radical (unpaired) electrons. The largest absolute Gasteiger partial charge is 0.300 e. The molecule has 0 bridgehead atoms. The van der Waals surface area contributed by atoms with Crippen LogP contribution in [0.15, 0.2) is 42.3 Å². The second kappa shape index (κ2) is 6.40. The number of ketones is 1. The van der Waals surface area contributed by atoms with Crippen LogP contribution in [-0.4, -0.2) is 10.8 Å². The number of rotatable bonds is 2. The maximum atomic E-state index is 12.0. The van der Waals surface area contributed by atoms with Gasteiger partial charge in [-0.1, -0.05) is 37.6 Å². The molecule has 1 unspecified atom stereocenters. The first-order chi connectivity index (χ1) is 13.4. The van der Waals surface area contributed by atoms with Gasteiger partial charge in [-0.3, -0.25) is 9.78 Å². The van der Waals surface area contributed by atoms with Crippen LogP contribution in [0.4, 0.5) is 0 Å². The molecule has 28 heavy (non-hydrogen) atoms. The Balaban J connectivity index is 1.45. The summed E-state index contributed by atoms with van der Waals surface area (Å²) in [6.45, 7) is 6.84. The lowest BCUT2D eigenvalue weighted by atomic mass is 9.47. The predicted molar refractivity (Wildman–Crippen MR) is 113 cm³/mol. The second-order valence-corrected chi connectivity index (χ2v) is 10.4. The minimum atomic E-state index is 0.273. The Kier molecular flexibility index (Phi) is 4.19. The number of carbonyl (C=O) groups is 1. The van der Waals surface area contributed by atoms with Crippen LogP contribution in [0.1, 0.15) is 71.3 Å². The second-order valence-electron chi connectivity index (χ2n) is 10.4. The molecule has 1 aromatic heterocycles. The van der Waals surface area contributed by atoms with E-state index >= 15 is 0 Å². The van der Waals surface area contributed by atoms with Crippen molar-refractivity contribution in [3.63, 3.8) is 0 Å². The van der Waals surface area contributed by atoms with Gasteiger partial charge in [0.15, 0.2) is 0 Å². The first-order valence-corrected chi connectivity index (χ1v) is 11.2. The van der Waals surface area contributed by atoms with Crippen LogP contribution >= 0.6 is 0 Å². The number of fused-ring (bicyclic) bond motifs is 5. The van der Waals surface area contributed by atoms with Gasteiger partial charge in [-0.2, -0.15) is 0 Å². The number of pyridine rings is 1. The van der Waals surface area contributed by atoms with Crippen LogP contribution in [0.3, 0.4) is 0 Å². The van der Waals surface area contributed by atoms with Crippen molar-refractivity contribution in [2.24, 2.45) is 34.5 Å². The monoisotopic (exact) mass is 375 g/mol. The fourth-order valence-corrected chi connectivity index (χ4v) is 7.54. The summed E-state index contributed by atoms with van der Waals surface area (Å²) in [5, 5.41) is 0. The Morgan fingerprint density at radius 3 is 2.64 bits per heavy atom. The van der Waals surface area contributed by atoms with Crippen molar-refractivity contribution in [2.75, 3.05) is 0 Å². The molecule has 4 aliphatic carbocycles. The number of aromatic nitrogens is 1. The molecule has 0 spiro atoms. The van der Waals surface area contributed by atoms with Gasteiger partial charge < -0.3 is 0 Å². The molecule has 0 aliphatic heterocycles. The van der Waals surface area contributed by atoms with Crippen LogP contribution in [0, 0.1) is 34.5 Å². The third kappa shape index (κ3) is 2.52. The zero-order valence-corrected chi connectivity index (χ0v) is 17.6. The van der Waals surface area contributed by atoms with Gasteiger partial charge in [-0.25, -0.2) is 0 Å². The summed E-state index contributed by atoms with van der Waals surface area (Å²) >= 11 is 0. The zero-order chi connectivity index (χ0) is 19.5. The molecule has 2 saturated carbocycles. The molecule has 148 valence electrons. The van der Waals surface area contributed by atoms with Gasteiger partial charge in [-0.15, -0.1) is 0 Å². The van der Waals surface area contributed by atoms with E-state index in [9.17, 15) is 4.79 Å². The summed E-state index contributed by atoms with van der Waals surface area (Å²) in [5.74, 6) is 2.99. The predicted octanol–water partition coefficient (Wildman–Crippen LogP) is 6.24. The van der Waals surface area contributed by atoms with E-state index in [1.807, 2.05) is 6.20 Å². The number of Topliss-reactive ketones (excluding diaryl/α,β-unsaturated/α-hetero) is 1. The van der Waals surface area contributed by atoms with Gasteiger partial charge in [0.1, 0.15) is 5.78 Å². The first-order valence-electron chi connectivity index (χ1n) is 11.2. The number of carbonyl (C=O) groups excluding carboxylic acids is 1. The highest BCUT2D eigenvalue weighted by Crippen LogP contribution is 2.66. The Hall–Kier alpha value is -1.70. The molecule has 2 fully saturated rings. The van der Waals surface area contributed by atoms with Crippen LogP contribution in [0.5, 0.6) is 0 Å². The van der Waals surface area contributed by atoms with E-state index in [2.05, 4.69) is 49.3 Å². The molecule has 0 N–H and O–H groups in total. The van der Waals surface area contributed by atoms with Gasteiger partial charge in [0.05, 0.1) is 0 Å². The van der Waals surface area contributed by atoms with Crippen molar-refractivity contribution in [3.05, 3.63) is 47.8 Å². The Morgan fingerprint density at radius 2 is 1.89 bits per heavy atom. The quantitative estimate of drug-likeness (QED) is 0.572. The number of nitrogens with zero attached hydrogens (tertiary/aromatic N) is 1. The highest BCUT2D eigenvalue weighted by Gasteiger charge is 2.56. The van der Waals surface area contributed by atoms with Crippen molar-refractivity contribution in [1.82, 2.24) is 4.98 Å². The van der Waals surface area contributed by atoms with E-state index in [0.717, 1.165) is 30.6 Å². The molecule has 1 heterocycles. The number of hydrogen-bond donors (Lipinski definition) is 0. The molecule has 4 aliphatic rings. The summed E-state index contributed by atoms with van der Waals surface area (Å²) in [7, 11) is 0. The maximum Gasteiger partial charge on any atom is 0.133 e. The van der Waals surface area contributed by atoms with E-state index in [-0.39, 0.29) is 5.92 Å². The molecule has 0 saturated heterocycles. The van der Waals surface area contributed by atoms with Crippen molar-refractivity contribution >= 4 is 11.4 Å². The summed E-state index contributed by atoms with van der Waals surface area (Å²) < 4.78 is 0. The third-order valence-electron chi connectivity index (χ3n) is 9.23. The average molecular weight is 376 g/mol. The SMILES string of the molecule is CC(=O)C1CC[C@@]2(C)C(=CC[C@@H]3[C@@H]2CC[C@]2(C)C(c4cccnc4)=CC[C@@H]32)C1. The van der Waals surface area contributed by atoms with Gasteiger partial charge in [0.2, 0.25) is 0 Å². The van der Waals surface area contributed by atoms with Gasteiger partial charge >= 0.3 is 0 Å². The summed E-state index contributed by atoms with van der Waals surface area (Å²) in [4.78, 5) is 16.4. The average Bonchev–Trinajstić information content (AvgIpc) is 3.05.